The van der Waals surface area contributed by atoms with Gasteiger partial charge in [0.25, 0.3) is 5.91 Å². The molecule has 2 heterocycles. The maximum Gasteiger partial charge on any atom is 0.337 e. The molecule has 0 aliphatic carbocycles. The van der Waals surface area contributed by atoms with E-state index in [2.05, 4.69) is 9.84 Å². The van der Waals surface area contributed by atoms with E-state index in [4.69, 9.17) is 0 Å². The first kappa shape index (κ1) is 21.0. The Balaban J connectivity index is 1.69. The molecule has 2 aliphatic rings. The number of carbonyl (C=O) groups excluding carboxylic acids is 3. The number of methoxy groups -OCH3 is 1. The van der Waals surface area contributed by atoms with Crippen molar-refractivity contribution in [3.05, 3.63) is 35.4 Å². The van der Waals surface area contributed by atoms with Gasteiger partial charge in [0, 0.05) is 26.4 Å². The fourth-order valence-electron chi connectivity index (χ4n) is 3.41. The molecule has 1 aromatic rings. The van der Waals surface area contributed by atoms with Crippen LogP contribution in [0.25, 0.3) is 0 Å². The van der Waals surface area contributed by atoms with Crippen LogP contribution >= 0.6 is 0 Å². The average Bonchev–Trinajstić information content (AvgIpc) is 3.07. The molecule has 1 unspecified atom stereocenters. The molecule has 2 aliphatic heterocycles. The third kappa shape index (κ3) is 4.81. The van der Waals surface area contributed by atoms with Gasteiger partial charge >= 0.3 is 5.97 Å². The van der Waals surface area contributed by atoms with Crippen LogP contribution in [-0.4, -0.2) is 73.5 Å². The molecule has 9 nitrogen and oxygen atoms in total. The zero-order valence-corrected chi connectivity index (χ0v) is 17.1. The van der Waals surface area contributed by atoms with Gasteiger partial charge in [-0.2, -0.15) is 5.10 Å². The highest BCUT2D eigenvalue weighted by atomic mass is 32.2. The largest absolute Gasteiger partial charge is 0.465 e. The van der Waals surface area contributed by atoms with E-state index in [1.165, 1.54) is 17.0 Å². The third-order valence-corrected chi connectivity index (χ3v) is 6.75. The second-order valence-corrected chi connectivity index (χ2v) is 9.42. The highest BCUT2D eigenvalue weighted by Crippen LogP contribution is 2.22. The van der Waals surface area contributed by atoms with Crippen molar-refractivity contribution in [1.29, 1.82) is 0 Å². The van der Waals surface area contributed by atoms with Gasteiger partial charge in [0.2, 0.25) is 5.91 Å². The highest BCUT2D eigenvalue weighted by Gasteiger charge is 2.37. The normalized spacial score (nSPS) is 20.9. The molecule has 29 heavy (non-hydrogen) atoms. The van der Waals surface area contributed by atoms with E-state index in [9.17, 15) is 22.8 Å². The minimum absolute atomic E-state index is 0.0295. The minimum Gasteiger partial charge on any atom is -0.465 e. The van der Waals surface area contributed by atoms with E-state index in [0.717, 1.165) is 5.56 Å². The Morgan fingerprint density at radius 1 is 1.24 bits per heavy atom. The molecule has 10 heteroatoms. The van der Waals surface area contributed by atoms with Crippen LogP contribution in [0.4, 0.5) is 0 Å². The van der Waals surface area contributed by atoms with Gasteiger partial charge in [-0.15, -0.1) is 0 Å². The summed E-state index contributed by atoms with van der Waals surface area (Å²) < 4.78 is 28.1. The topological polar surface area (TPSA) is 113 Å². The van der Waals surface area contributed by atoms with Crippen molar-refractivity contribution in [1.82, 2.24) is 9.91 Å². The summed E-state index contributed by atoms with van der Waals surface area (Å²) in [5, 5.41) is 5.39. The van der Waals surface area contributed by atoms with Crippen LogP contribution in [0.5, 0.6) is 0 Å². The monoisotopic (exact) mass is 421 g/mol. The van der Waals surface area contributed by atoms with Gasteiger partial charge in [0.1, 0.15) is 5.71 Å². The second kappa shape index (κ2) is 8.32. The van der Waals surface area contributed by atoms with Crippen LogP contribution in [0.2, 0.25) is 0 Å². The van der Waals surface area contributed by atoms with Crippen LogP contribution in [0.15, 0.2) is 29.4 Å². The molecule has 0 saturated carbocycles. The molecular formula is C19H23N3O6S. The first-order valence-electron chi connectivity index (χ1n) is 9.23. The molecule has 2 amide bonds. The molecule has 1 saturated heterocycles. The summed E-state index contributed by atoms with van der Waals surface area (Å²) >= 11 is 0. The number of benzene rings is 1. The lowest BCUT2D eigenvalue weighted by Gasteiger charge is -2.29. The van der Waals surface area contributed by atoms with Crippen molar-refractivity contribution >= 4 is 33.3 Å². The lowest BCUT2D eigenvalue weighted by Crippen LogP contribution is -2.44. The number of hydrogen-bond acceptors (Lipinski definition) is 7. The van der Waals surface area contributed by atoms with Crippen molar-refractivity contribution in [2.24, 2.45) is 5.10 Å². The Kier molecular flexibility index (Phi) is 6.02. The number of amides is 2. The smallest absolute Gasteiger partial charge is 0.337 e. The first-order valence-corrected chi connectivity index (χ1v) is 11.0. The van der Waals surface area contributed by atoms with Crippen molar-refractivity contribution in [3.8, 4) is 0 Å². The van der Waals surface area contributed by atoms with E-state index >= 15 is 0 Å². The third-order valence-electron chi connectivity index (χ3n) is 5.00. The van der Waals surface area contributed by atoms with Crippen molar-refractivity contribution in [2.45, 2.75) is 31.8 Å². The van der Waals surface area contributed by atoms with Gasteiger partial charge < -0.3 is 9.64 Å². The first-order chi connectivity index (χ1) is 13.7. The molecule has 0 N–H and O–H groups in total. The zero-order valence-electron chi connectivity index (χ0n) is 16.3. The van der Waals surface area contributed by atoms with Crippen LogP contribution in [-0.2, 0) is 30.7 Å². The number of esters is 1. The summed E-state index contributed by atoms with van der Waals surface area (Å²) in [4.78, 5) is 38.0. The number of hydrazone groups is 1. The predicted octanol–water partition coefficient (Wildman–Crippen LogP) is 0.597. The Labute approximate surface area is 169 Å². The number of hydrogen-bond donors (Lipinski definition) is 0. The molecule has 156 valence electrons. The van der Waals surface area contributed by atoms with Gasteiger partial charge in [0.15, 0.2) is 9.84 Å². The molecule has 1 atom stereocenters. The maximum absolute atomic E-state index is 12.8. The number of sulfone groups is 1. The van der Waals surface area contributed by atoms with E-state index in [1.807, 2.05) is 0 Å². The molecule has 0 aromatic heterocycles. The predicted molar refractivity (Wildman–Crippen MR) is 105 cm³/mol. The lowest BCUT2D eigenvalue weighted by molar-refractivity contribution is -0.134. The summed E-state index contributed by atoms with van der Waals surface area (Å²) in [5.41, 5.74) is 1.48. The van der Waals surface area contributed by atoms with Gasteiger partial charge in [-0.05, 0) is 24.1 Å². The Bertz CT molecular complexity index is 955. The van der Waals surface area contributed by atoms with Gasteiger partial charge in [-0.1, -0.05) is 12.1 Å². The Morgan fingerprint density at radius 2 is 1.93 bits per heavy atom. The Morgan fingerprint density at radius 3 is 2.52 bits per heavy atom. The number of carbonyl (C=O) groups is 3. The van der Waals surface area contributed by atoms with Crippen molar-refractivity contribution in [3.63, 3.8) is 0 Å². The summed E-state index contributed by atoms with van der Waals surface area (Å²) in [6.45, 7) is 0.297. The van der Waals surface area contributed by atoms with Gasteiger partial charge in [-0.25, -0.2) is 18.2 Å². The van der Waals surface area contributed by atoms with Gasteiger partial charge in [-0.3, -0.25) is 9.59 Å². The van der Waals surface area contributed by atoms with Gasteiger partial charge in [0.05, 0.1) is 30.2 Å². The van der Waals surface area contributed by atoms with Crippen molar-refractivity contribution < 1.29 is 27.5 Å². The van der Waals surface area contributed by atoms with Crippen molar-refractivity contribution in [2.75, 3.05) is 25.7 Å². The molecule has 0 bridgehead atoms. The summed E-state index contributed by atoms with van der Waals surface area (Å²) in [6.07, 6.45) is 0.684. The maximum atomic E-state index is 12.8. The highest BCUT2D eigenvalue weighted by molar-refractivity contribution is 7.91. The summed E-state index contributed by atoms with van der Waals surface area (Å²) in [5.74, 6) is -1.10. The fourth-order valence-corrected chi connectivity index (χ4v) is 5.10. The SMILES string of the molecule is COC(=O)c1ccc(CN(C)C(=O)C2=NN(C3CCS(=O)(=O)C3)C(=O)CC2)cc1. The standard InChI is InChI=1S/C19H23N3O6S/c1-21(11-13-3-5-14(6-4-13)19(25)28-2)18(24)16-7-8-17(23)22(20-16)15-9-10-29(26,27)12-15/h3-6,15H,7-12H2,1-2H3. The zero-order chi connectivity index (χ0) is 21.2. The molecule has 3 rings (SSSR count). The molecule has 1 fully saturated rings. The quantitative estimate of drug-likeness (QED) is 0.643. The van der Waals surface area contributed by atoms with E-state index in [-0.39, 0.29) is 41.9 Å². The van der Waals surface area contributed by atoms with E-state index in [0.29, 0.717) is 18.5 Å². The minimum atomic E-state index is -3.17. The lowest BCUT2D eigenvalue weighted by atomic mass is 10.1. The molecule has 1 aromatic carbocycles. The van der Waals surface area contributed by atoms with E-state index in [1.54, 1.807) is 31.3 Å². The number of nitrogens with zero attached hydrogens (tertiary/aromatic N) is 3. The second-order valence-electron chi connectivity index (χ2n) is 7.19. The molecule has 0 radical (unpaired) electrons. The van der Waals surface area contributed by atoms with Crippen LogP contribution in [0.1, 0.15) is 35.2 Å². The summed E-state index contributed by atoms with van der Waals surface area (Å²) in [6, 6.07) is 6.21. The molecular weight excluding hydrogens is 398 g/mol. The number of ether oxygens (including phenoxy) is 1. The number of rotatable bonds is 5. The van der Waals surface area contributed by atoms with E-state index < -0.39 is 21.8 Å². The average molecular weight is 421 g/mol. The van der Waals surface area contributed by atoms with Crippen LogP contribution in [0, 0.1) is 0 Å². The fraction of sp³-hybridized carbons (Fsp3) is 0.474. The molecule has 0 spiro atoms. The Hall–Kier alpha value is -2.75. The van der Waals surface area contributed by atoms with Crippen LogP contribution in [0.3, 0.4) is 0 Å². The summed E-state index contributed by atoms with van der Waals surface area (Å²) in [7, 11) is -0.233. The van der Waals surface area contributed by atoms with Crippen LogP contribution < -0.4 is 0 Å².